The largest absolute Gasteiger partial charge is 0.419 e. The average Bonchev–Trinajstić information content (AvgIpc) is 2.78. The predicted octanol–water partition coefficient (Wildman–Crippen LogP) is 1.78. The predicted molar refractivity (Wildman–Crippen MR) is 74.1 cm³/mol. The molecule has 24 heavy (non-hydrogen) atoms. The summed E-state index contributed by atoms with van der Waals surface area (Å²) in [4.78, 5) is 10.4. The number of amides is 1. The van der Waals surface area contributed by atoms with Crippen LogP contribution in [0.1, 0.15) is 21.7 Å². The second-order valence-corrected chi connectivity index (χ2v) is 6.36. The number of halogens is 4. The van der Waals surface area contributed by atoms with E-state index in [1.54, 1.807) is 0 Å². The Labute approximate surface area is 132 Å². The van der Waals surface area contributed by atoms with E-state index in [9.17, 15) is 30.8 Å². The van der Waals surface area contributed by atoms with Crippen molar-refractivity contribution in [3.05, 3.63) is 41.0 Å². The molecule has 7 nitrogen and oxygen atoms in total. The maximum absolute atomic E-state index is 13.3. The van der Waals surface area contributed by atoms with E-state index >= 15 is 0 Å². The molecular formula is C12H10F4N4O3S. The number of primary amides is 1. The Morgan fingerprint density at radius 2 is 1.96 bits per heavy atom. The van der Waals surface area contributed by atoms with Crippen molar-refractivity contribution in [2.24, 2.45) is 5.73 Å². The number of benzene rings is 1. The van der Waals surface area contributed by atoms with Gasteiger partial charge in [-0.15, -0.1) is 0 Å². The zero-order valence-corrected chi connectivity index (χ0v) is 12.7. The molecule has 0 unspecified atom stereocenters. The third kappa shape index (κ3) is 3.32. The molecule has 0 fully saturated rings. The Kier molecular flexibility index (Phi) is 4.27. The summed E-state index contributed by atoms with van der Waals surface area (Å²) >= 11 is 0. The molecule has 1 heterocycles. The molecule has 0 bridgehead atoms. The van der Waals surface area contributed by atoms with E-state index in [4.69, 9.17) is 5.73 Å². The van der Waals surface area contributed by atoms with Crippen molar-refractivity contribution >= 4 is 21.6 Å². The van der Waals surface area contributed by atoms with Gasteiger partial charge in [0.05, 0.1) is 16.2 Å². The number of rotatable bonds is 4. The molecule has 0 saturated carbocycles. The zero-order valence-electron chi connectivity index (χ0n) is 11.9. The van der Waals surface area contributed by atoms with Crippen molar-refractivity contribution in [2.75, 3.05) is 4.72 Å². The molecule has 0 spiro atoms. The minimum absolute atomic E-state index is 0.116. The van der Waals surface area contributed by atoms with Crippen molar-refractivity contribution in [1.29, 1.82) is 0 Å². The summed E-state index contributed by atoms with van der Waals surface area (Å²) in [6.07, 6.45) is -5.07. The highest BCUT2D eigenvalue weighted by Gasteiger charge is 2.35. The highest BCUT2D eigenvalue weighted by atomic mass is 32.2. The number of aromatic amines is 1. The minimum atomic E-state index is -5.07. The number of nitrogens with two attached hydrogens (primary N) is 1. The summed E-state index contributed by atoms with van der Waals surface area (Å²) in [7, 11) is -4.55. The van der Waals surface area contributed by atoms with Crippen LogP contribution in [0.2, 0.25) is 0 Å². The van der Waals surface area contributed by atoms with Crippen molar-refractivity contribution in [1.82, 2.24) is 10.2 Å². The summed E-state index contributed by atoms with van der Waals surface area (Å²) in [5, 5.41) is 5.82. The molecule has 2 rings (SSSR count). The van der Waals surface area contributed by atoms with Gasteiger partial charge < -0.3 is 5.73 Å². The molecule has 0 atom stereocenters. The van der Waals surface area contributed by atoms with Crippen molar-refractivity contribution in [3.63, 3.8) is 0 Å². The number of nitrogens with zero attached hydrogens (tertiary/aromatic N) is 1. The Bertz CT molecular complexity index is 906. The number of carbonyl (C=O) groups excluding carboxylic acids is 1. The van der Waals surface area contributed by atoms with Crippen molar-refractivity contribution in [2.45, 2.75) is 18.0 Å². The van der Waals surface area contributed by atoms with Crippen molar-refractivity contribution < 1.29 is 30.8 Å². The van der Waals surface area contributed by atoms with Crippen LogP contribution >= 0.6 is 0 Å². The second kappa shape index (κ2) is 5.78. The van der Waals surface area contributed by atoms with E-state index in [2.05, 4.69) is 10.2 Å². The fraction of sp³-hybridized carbons (Fsp3) is 0.167. The van der Waals surface area contributed by atoms with Crippen LogP contribution < -0.4 is 10.5 Å². The van der Waals surface area contributed by atoms with E-state index < -0.39 is 44.1 Å². The van der Waals surface area contributed by atoms with Gasteiger partial charge in [0.25, 0.3) is 15.9 Å². The van der Waals surface area contributed by atoms with E-state index in [0.717, 1.165) is 0 Å². The Morgan fingerprint density at radius 3 is 2.50 bits per heavy atom. The van der Waals surface area contributed by atoms with Gasteiger partial charge in [0.1, 0.15) is 11.5 Å². The summed E-state index contributed by atoms with van der Waals surface area (Å²) in [6.45, 7) is 1.36. The van der Waals surface area contributed by atoms with E-state index in [1.807, 2.05) is 4.72 Å². The lowest BCUT2D eigenvalue weighted by molar-refractivity contribution is -0.140. The molecule has 0 aliphatic rings. The van der Waals surface area contributed by atoms with Crippen LogP contribution in [0.4, 0.5) is 23.2 Å². The van der Waals surface area contributed by atoms with Gasteiger partial charge in [-0.05, 0) is 25.1 Å². The quantitative estimate of drug-likeness (QED) is 0.715. The smallest absolute Gasteiger partial charge is 0.364 e. The van der Waals surface area contributed by atoms with Gasteiger partial charge in [0.2, 0.25) is 0 Å². The number of alkyl halides is 3. The van der Waals surface area contributed by atoms with Crippen LogP contribution in [0, 0.1) is 12.7 Å². The number of nitrogens with one attached hydrogen (secondary N) is 2. The van der Waals surface area contributed by atoms with Crippen LogP contribution in [0.5, 0.6) is 0 Å². The highest BCUT2D eigenvalue weighted by molar-refractivity contribution is 7.92. The Morgan fingerprint density at radius 1 is 1.33 bits per heavy atom. The fourth-order valence-electron chi connectivity index (χ4n) is 1.81. The lowest BCUT2D eigenvalue weighted by Crippen LogP contribution is -2.19. The summed E-state index contributed by atoms with van der Waals surface area (Å²) in [5.74, 6) is -2.66. The van der Waals surface area contributed by atoms with Gasteiger partial charge in [-0.25, -0.2) is 12.8 Å². The second-order valence-electron chi connectivity index (χ2n) is 4.68. The van der Waals surface area contributed by atoms with Crippen molar-refractivity contribution in [3.8, 4) is 0 Å². The summed E-state index contributed by atoms with van der Waals surface area (Å²) in [5.41, 5.74) is 2.68. The normalized spacial score (nSPS) is 12.2. The first kappa shape index (κ1) is 17.7. The molecular weight excluding hydrogens is 356 g/mol. The van der Waals surface area contributed by atoms with Gasteiger partial charge in [-0.2, -0.15) is 18.3 Å². The van der Waals surface area contributed by atoms with Crippen LogP contribution in [0.3, 0.4) is 0 Å². The molecule has 0 saturated heterocycles. The van der Waals surface area contributed by atoms with Gasteiger partial charge in [0.15, 0.2) is 5.69 Å². The molecule has 1 aromatic carbocycles. The standard InChI is InChI=1S/C12H10F4N4O3S/c1-5-9(10(11(17)21)19-18-5)20-24(22,23)6-2-3-8(13)7(4-6)12(14,15)16/h2-4,20H,1H3,(H2,17,21)(H,18,19). The maximum Gasteiger partial charge on any atom is 0.419 e. The lowest BCUT2D eigenvalue weighted by Gasteiger charge is -2.12. The van der Waals surface area contributed by atoms with Gasteiger partial charge in [-0.3, -0.25) is 14.6 Å². The Hall–Kier alpha value is -2.63. The zero-order chi connectivity index (χ0) is 18.3. The SMILES string of the molecule is Cc1[nH]nc(C(N)=O)c1NS(=O)(=O)c1ccc(F)c(C(F)(F)F)c1. The number of carbonyl (C=O) groups is 1. The fourth-order valence-corrected chi connectivity index (χ4v) is 2.97. The first-order valence-electron chi connectivity index (χ1n) is 6.18. The number of H-pyrrole nitrogens is 1. The number of hydrogen-bond donors (Lipinski definition) is 3. The van der Waals surface area contributed by atoms with Crippen LogP contribution in [0.15, 0.2) is 23.1 Å². The first-order chi connectivity index (χ1) is 10.9. The monoisotopic (exact) mass is 366 g/mol. The van der Waals surface area contributed by atoms with Crippen LogP contribution in [-0.2, 0) is 16.2 Å². The third-order valence-corrected chi connectivity index (χ3v) is 4.32. The number of anilines is 1. The summed E-state index contributed by atoms with van der Waals surface area (Å²) < 4.78 is 77.7. The molecule has 130 valence electrons. The molecule has 0 radical (unpaired) electrons. The molecule has 4 N–H and O–H groups in total. The van der Waals surface area contributed by atoms with Crippen LogP contribution in [-0.4, -0.2) is 24.5 Å². The van der Waals surface area contributed by atoms with Gasteiger partial charge >= 0.3 is 6.18 Å². The number of hydrogen-bond acceptors (Lipinski definition) is 4. The number of aryl methyl sites for hydroxylation is 1. The van der Waals surface area contributed by atoms with E-state index in [-0.39, 0.29) is 17.4 Å². The average molecular weight is 366 g/mol. The molecule has 0 aliphatic heterocycles. The van der Waals surface area contributed by atoms with Gasteiger partial charge in [0, 0.05) is 0 Å². The number of aromatic nitrogens is 2. The maximum atomic E-state index is 13.3. The molecule has 1 amide bonds. The number of sulfonamides is 1. The molecule has 2 aromatic rings. The lowest BCUT2D eigenvalue weighted by atomic mass is 10.2. The molecule has 1 aromatic heterocycles. The third-order valence-electron chi connectivity index (χ3n) is 2.97. The molecule has 12 heteroatoms. The van der Waals surface area contributed by atoms with Crippen LogP contribution in [0.25, 0.3) is 0 Å². The Balaban J connectivity index is 2.50. The summed E-state index contributed by atoms with van der Waals surface area (Å²) in [6, 6.07) is 1.19. The van der Waals surface area contributed by atoms with E-state index in [1.165, 1.54) is 6.92 Å². The topological polar surface area (TPSA) is 118 Å². The highest BCUT2D eigenvalue weighted by Crippen LogP contribution is 2.33. The molecule has 0 aliphatic carbocycles. The van der Waals surface area contributed by atoms with Gasteiger partial charge in [-0.1, -0.05) is 0 Å². The minimum Gasteiger partial charge on any atom is -0.364 e. The first-order valence-corrected chi connectivity index (χ1v) is 7.66. The van der Waals surface area contributed by atoms with E-state index in [0.29, 0.717) is 12.1 Å².